The Balaban J connectivity index is 1.83. The molecule has 2 aromatic rings. The SMILES string of the molecule is COCc1ccccc1NC1CSc2ccccc21. The van der Waals surface area contributed by atoms with E-state index in [9.17, 15) is 0 Å². The van der Waals surface area contributed by atoms with Gasteiger partial charge in [0.15, 0.2) is 0 Å². The predicted molar refractivity (Wildman–Crippen MR) is 80.7 cm³/mol. The predicted octanol–water partition coefficient (Wildman–Crippen LogP) is 4.09. The van der Waals surface area contributed by atoms with Crippen molar-refractivity contribution in [3.05, 3.63) is 59.7 Å². The fourth-order valence-corrected chi connectivity index (χ4v) is 3.57. The lowest BCUT2D eigenvalue weighted by molar-refractivity contribution is 0.185. The maximum Gasteiger partial charge on any atom is 0.0733 e. The van der Waals surface area contributed by atoms with Gasteiger partial charge in [0.25, 0.3) is 0 Å². The summed E-state index contributed by atoms with van der Waals surface area (Å²) in [4.78, 5) is 1.39. The van der Waals surface area contributed by atoms with Crippen LogP contribution in [-0.4, -0.2) is 12.9 Å². The summed E-state index contributed by atoms with van der Waals surface area (Å²) in [5.74, 6) is 1.08. The van der Waals surface area contributed by atoms with Crippen LogP contribution in [0.25, 0.3) is 0 Å². The maximum atomic E-state index is 5.26. The first-order valence-electron chi connectivity index (χ1n) is 6.43. The van der Waals surface area contributed by atoms with Gasteiger partial charge in [-0.1, -0.05) is 36.4 Å². The molecule has 0 saturated heterocycles. The second-order valence-corrected chi connectivity index (χ2v) is 5.70. The van der Waals surface area contributed by atoms with Gasteiger partial charge in [0, 0.05) is 29.0 Å². The van der Waals surface area contributed by atoms with Crippen molar-refractivity contribution in [3.63, 3.8) is 0 Å². The monoisotopic (exact) mass is 271 g/mol. The normalized spacial score (nSPS) is 17.2. The van der Waals surface area contributed by atoms with Gasteiger partial charge in [-0.05, 0) is 17.7 Å². The highest BCUT2D eigenvalue weighted by molar-refractivity contribution is 7.99. The van der Waals surface area contributed by atoms with Gasteiger partial charge in [0.2, 0.25) is 0 Å². The molecule has 2 nitrogen and oxygen atoms in total. The molecule has 1 aliphatic rings. The zero-order valence-corrected chi connectivity index (χ0v) is 11.7. The number of rotatable bonds is 4. The van der Waals surface area contributed by atoms with Crippen molar-refractivity contribution in [2.24, 2.45) is 0 Å². The fraction of sp³-hybridized carbons (Fsp3) is 0.250. The Morgan fingerprint density at radius 1 is 1.16 bits per heavy atom. The van der Waals surface area contributed by atoms with Crippen molar-refractivity contribution in [3.8, 4) is 0 Å². The summed E-state index contributed by atoms with van der Waals surface area (Å²) in [7, 11) is 1.73. The van der Waals surface area contributed by atoms with E-state index in [0.29, 0.717) is 12.6 Å². The fourth-order valence-electron chi connectivity index (χ4n) is 2.41. The Morgan fingerprint density at radius 2 is 1.95 bits per heavy atom. The average molecular weight is 271 g/mol. The Morgan fingerprint density at radius 3 is 2.84 bits per heavy atom. The molecule has 3 heteroatoms. The van der Waals surface area contributed by atoms with E-state index >= 15 is 0 Å². The molecule has 1 aliphatic heterocycles. The maximum absolute atomic E-state index is 5.26. The molecular formula is C16H17NOS. The van der Waals surface area contributed by atoms with Gasteiger partial charge in [0.05, 0.1) is 12.6 Å². The summed E-state index contributed by atoms with van der Waals surface area (Å²) in [6, 6.07) is 17.4. The largest absolute Gasteiger partial charge is 0.380 e. The van der Waals surface area contributed by atoms with Crippen LogP contribution in [0, 0.1) is 0 Å². The molecule has 1 atom stereocenters. The first-order chi connectivity index (χ1) is 9.38. The number of hydrogen-bond donors (Lipinski definition) is 1. The number of hydrogen-bond acceptors (Lipinski definition) is 3. The van der Waals surface area contributed by atoms with Crippen LogP contribution in [0.5, 0.6) is 0 Å². The second kappa shape index (κ2) is 5.68. The minimum Gasteiger partial charge on any atom is -0.380 e. The third kappa shape index (κ3) is 2.62. The van der Waals surface area contributed by atoms with Crippen molar-refractivity contribution in [2.75, 3.05) is 18.2 Å². The van der Waals surface area contributed by atoms with Crippen LogP contribution in [0.15, 0.2) is 53.4 Å². The molecule has 0 aromatic heterocycles. The van der Waals surface area contributed by atoms with E-state index in [-0.39, 0.29) is 0 Å². The highest BCUT2D eigenvalue weighted by Crippen LogP contribution is 2.39. The van der Waals surface area contributed by atoms with Gasteiger partial charge in [-0.25, -0.2) is 0 Å². The lowest BCUT2D eigenvalue weighted by atomic mass is 10.1. The molecule has 1 heterocycles. The smallest absolute Gasteiger partial charge is 0.0733 e. The van der Waals surface area contributed by atoms with E-state index in [0.717, 1.165) is 5.75 Å². The van der Waals surface area contributed by atoms with Crippen molar-refractivity contribution in [1.82, 2.24) is 0 Å². The van der Waals surface area contributed by atoms with Crippen molar-refractivity contribution >= 4 is 17.4 Å². The third-order valence-corrected chi connectivity index (χ3v) is 4.53. The Bertz CT molecular complexity index is 570. The minimum atomic E-state index is 0.388. The lowest BCUT2D eigenvalue weighted by Gasteiger charge is -2.17. The summed E-state index contributed by atoms with van der Waals surface area (Å²) in [6.45, 7) is 0.644. The minimum absolute atomic E-state index is 0.388. The van der Waals surface area contributed by atoms with Crippen molar-refractivity contribution in [1.29, 1.82) is 0 Å². The molecule has 1 N–H and O–H groups in total. The number of anilines is 1. The molecule has 98 valence electrons. The van der Waals surface area contributed by atoms with Gasteiger partial charge in [-0.2, -0.15) is 0 Å². The number of ether oxygens (including phenoxy) is 1. The van der Waals surface area contributed by atoms with E-state index in [1.54, 1.807) is 7.11 Å². The highest BCUT2D eigenvalue weighted by atomic mass is 32.2. The van der Waals surface area contributed by atoms with E-state index in [4.69, 9.17) is 4.74 Å². The molecule has 0 spiro atoms. The summed E-state index contributed by atoms with van der Waals surface area (Å²) < 4.78 is 5.26. The first-order valence-corrected chi connectivity index (χ1v) is 7.42. The third-order valence-electron chi connectivity index (χ3n) is 3.35. The highest BCUT2D eigenvalue weighted by Gasteiger charge is 2.22. The molecule has 0 radical (unpaired) electrons. The molecule has 19 heavy (non-hydrogen) atoms. The molecule has 0 aliphatic carbocycles. The number of methoxy groups -OCH3 is 1. The van der Waals surface area contributed by atoms with Crippen LogP contribution in [-0.2, 0) is 11.3 Å². The quantitative estimate of drug-likeness (QED) is 0.905. The number of benzene rings is 2. The number of thioether (sulfide) groups is 1. The molecule has 0 fully saturated rings. The zero-order chi connectivity index (χ0) is 13.1. The van der Waals surface area contributed by atoms with Crippen LogP contribution in [0.1, 0.15) is 17.2 Å². The van der Waals surface area contributed by atoms with E-state index in [1.807, 2.05) is 11.8 Å². The van der Waals surface area contributed by atoms with Gasteiger partial charge in [-0.3, -0.25) is 0 Å². The van der Waals surface area contributed by atoms with E-state index < -0.39 is 0 Å². The average Bonchev–Trinajstić information content (AvgIpc) is 2.85. The van der Waals surface area contributed by atoms with Gasteiger partial charge >= 0.3 is 0 Å². The zero-order valence-electron chi connectivity index (χ0n) is 10.9. The van der Waals surface area contributed by atoms with E-state index in [1.165, 1.54) is 21.7 Å². The van der Waals surface area contributed by atoms with Gasteiger partial charge < -0.3 is 10.1 Å². The summed E-state index contributed by atoms with van der Waals surface area (Å²) in [5, 5.41) is 3.65. The summed E-state index contributed by atoms with van der Waals surface area (Å²) in [6.07, 6.45) is 0. The summed E-state index contributed by atoms with van der Waals surface area (Å²) in [5.41, 5.74) is 3.78. The molecule has 2 aromatic carbocycles. The Labute approximate surface area is 118 Å². The van der Waals surface area contributed by atoms with E-state index in [2.05, 4.69) is 53.8 Å². The molecule has 1 unspecified atom stereocenters. The summed E-state index contributed by atoms with van der Waals surface area (Å²) >= 11 is 1.92. The number of para-hydroxylation sites is 1. The van der Waals surface area contributed by atoms with Gasteiger partial charge in [-0.15, -0.1) is 11.8 Å². The van der Waals surface area contributed by atoms with Gasteiger partial charge in [0.1, 0.15) is 0 Å². The van der Waals surface area contributed by atoms with Crippen LogP contribution in [0.3, 0.4) is 0 Å². The number of fused-ring (bicyclic) bond motifs is 1. The molecule has 0 amide bonds. The molecule has 3 rings (SSSR count). The lowest BCUT2D eigenvalue weighted by Crippen LogP contribution is -2.11. The van der Waals surface area contributed by atoms with Crippen LogP contribution in [0.2, 0.25) is 0 Å². The molecule has 0 bridgehead atoms. The number of nitrogens with one attached hydrogen (secondary N) is 1. The first kappa shape index (κ1) is 12.6. The van der Waals surface area contributed by atoms with Crippen LogP contribution >= 0.6 is 11.8 Å². The second-order valence-electron chi connectivity index (χ2n) is 4.64. The molecule has 0 saturated carbocycles. The Hall–Kier alpha value is -1.45. The van der Waals surface area contributed by atoms with Crippen LogP contribution < -0.4 is 5.32 Å². The van der Waals surface area contributed by atoms with Crippen molar-refractivity contribution in [2.45, 2.75) is 17.5 Å². The topological polar surface area (TPSA) is 21.3 Å². The Kier molecular flexibility index (Phi) is 3.76. The molecular weight excluding hydrogens is 254 g/mol. The van der Waals surface area contributed by atoms with Crippen LogP contribution in [0.4, 0.5) is 5.69 Å². The standard InChI is InChI=1S/C16H17NOS/c1-18-10-12-6-2-4-8-14(12)17-15-11-19-16-9-5-3-7-13(15)16/h2-9,15,17H,10-11H2,1H3. The van der Waals surface area contributed by atoms with Crippen molar-refractivity contribution < 1.29 is 4.74 Å².